The van der Waals surface area contributed by atoms with Gasteiger partial charge in [0.2, 0.25) is 0 Å². The largest absolute Gasteiger partial charge is 0.229 e. The molecule has 0 nitrogen and oxygen atoms in total. The van der Waals surface area contributed by atoms with Gasteiger partial charge in [-0.05, 0) is 22.9 Å². The summed E-state index contributed by atoms with van der Waals surface area (Å²) in [6, 6.07) is 0. The Balaban J connectivity index is 3.54. The van der Waals surface area contributed by atoms with Crippen LogP contribution in [0.15, 0.2) is 0 Å². The average Bonchev–Trinajstić information content (AvgIpc) is 1.31. The number of hydrogen-bond acceptors (Lipinski definition) is 0. The molecule has 7 heavy (non-hydrogen) atoms. The Morgan fingerprint density at radius 3 is 1.71 bits per heavy atom. The molecule has 0 saturated carbocycles. The molecule has 0 aromatic rings. The Morgan fingerprint density at radius 2 is 1.71 bits per heavy atom. The van der Waals surface area contributed by atoms with E-state index in [4.69, 9.17) is 0 Å². The van der Waals surface area contributed by atoms with Gasteiger partial charge in [-0.1, -0.05) is 31.9 Å². The Bertz CT molecular complexity index is 55.7. The normalized spacial score (nSPS) is 19.7. The van der Waals surface area contributed by atoms with Crippen LogP contribution in [0.5, 0.6) is 0 Å². The Kier molecular flexibility index (Phi) is 3.33. The van der Waals surface area contributed by atoms with Gasteiger partial charge in [-0.2, -0.15) is 0 Å². The molecule has 0 amide bonds. The van der Waals surface area contributed by atoms with E-state index in [1.54, 1.807) is 0 Å². The first-order valence-electron chi connectivity index (χ1n) is 1.60. The van der Waals surface area contributed by atoms with E-state index in [1.165, 1.54) is 6.92 Å². The van der Waals surface area contributed by atoms with Gasteiger partial charge in [-0.3, -0.25) is 0 Å². The summed E-state index contributed by atoms with van der Waals surface area (Å²) in [5, 5.41) is 0. The average molecular weight is 299 g/mol. The minimum atomic E-state index is -1.35. The zero-order chi connectivity index (χ0) is 6.08. The van der Waals surface area contributed by atoms with Gasteiger partial charge in [-0.25, -0.2) is 4.39 Å². The van der Waals surface area contributed by atoms with Crippen LogP contribution in [0, 0.1) is 0 Å². The molecule has 0 aliphatic rings. The SMILES string of the molecule is CC(F)(Br)C(Br)Br. The third kappa shape index (κ3) is 3.91. The molecule has 1 unspecified atom stereocenters. The van der Waals surface area contributed by atoms with Crippen LogP contribution in [0.2, 0.25) is 0 Å². The first kappa shape index (κ1) is 8.37. The molecule has 44 valence electrons. The number of halogens is 4. The molecule has 0 heterocycles. The maximum atomic E-state index is 12.3. The predicted molar refractivity (Wildman–Crippen MR) is 40.1 cm³/mol. The van der Waals surface area contributed by atoms with E-state index in [0.29, 0.717) is 0 Å². The van der Waals surface area contributed by atoms with Crippen LogP contribution in [0.4, 0.5) is 4.39 Å². The molecule has 0 bridgehead atoms. The van der Waals surface area contributed by atoms with Gasteiger partial charge in [0.25, 0.3) is 0 Å². The van der Waals surface area contributed by atoms with Crippen LogP contribution in [0.1, 0.15) is 6.92 Å². The standard InChI is InChI=1S/C3H4Br3F/c1-3(6,7)2(4)5/h2H,1H3. The fraction of sp³-hybridized carbons (Fsp3) is 1.00. The minimum Gasteiger partial charge on any atom is -0.229 e. The molecule has 0 saturated heterocycles. The van der Waals surface area contributed by atoms with E-state index in [2.05, 4.69) is 47.8 Å². The number of alkyl halides is 4. The van der Waals surface area contributed by atoms with Crippen LogP contribution >= 0.6 is 47.8 Å². The summed E-state index contributed by atoms with van der Waals surface area (Å²) in [5.74, 6) is 0. The van der Waals surface area contributed by atoms with Crippen molar-refractivity contribution in [3.05, 3.63) is 0 Å². The highest BCUT2D eigenvalue weighted by Gasteiger charge is 2.25. The minimum absolute atomic E-state index is 0.326. The third-order valence-electron chi connectivity index (χ3n) is 0.383. The lowest BCUT2D eigenvalue weighted by molar-refractivity contribution is 0.356. The van der Waals surface area contributed by atoms with Gasteiger partial charge in [0.1, 0.15) is 3.74 Å². The highest BCUT2D eigenvalue weighted by Crippen LogP contribution is 2.32. The van der Waals surface area contributed by atoms with E-state index < -0.39 is 4.58 Å². The highest BCUT2D eigenvalue weighted by molar-refractivity contribution is 9.25. The molecule has 0 aliphatic heterocycles. The highest BCUT2D eigenvalue weighted by atomic mass is 79.9. The van der Waals surface area contributed by atoms with E-state index in [1.807, 2.05) is 0 Å². The lowest BCUT2D eigenvalue weighted by Gasteiger charge is -2.11. The smallest absolute Gasteiger partial charge is 0.184 e. The lowest BCUT2D eigenvalue weighted by atomic mass is 10.5. The zero-order valence-electron chi connectivity index (χ0n) is 3.59. The topological polar surface area (TPSA) is 0 Å². The van der Waals surface area contributed by atoms with E-state index >= 15 is 0 Å². The van der Waals surface area contributed by atoms with Gasteiger partial charge in [-0.15, -0.1) is 0 Å². The summed E-state index contributed by atoms with van der Waals surface area (Å²) in [6.07, 6.45) is 0. The van der Waals surface area contributed by atoms with Gasteiger partial charge in [0.05, 0.1) is 0 Å². The fourth-order valence-corrected chi connectivity index (χ4v) is 0. The molecule has 0 aromatic carbocycles. The third-order valence-corrected chi connectivity index (χ3v) is 3.79. The van der Waals surface area contributed by atoms with Crippen molar-refractivity contribution in [2.75, 3.05) is 0 Å². The quantitative estimate of drug-likeness (QED) is 0.652. The van der Waals surface area contributed by atoms with E-state index in [9.17, 15) is 4.39 Å². The second-order valence-corrected chi connectivity index (χ2v) is 5.87. The van der Waals surface area contributed by atoms with Crippen molar-refractivity contribution in [1.82, 2.24) is 0 Å². The molecule has 0 fully saturated rings. The first-order valence-corrected chi connectivity index (χ1v) is 4.23. The molecule has 0 spiro atoms. The summed E-state index contributed by atoms with van der Waals surface area (Å²) in [7, 11) is 0. The molecule has 0 aliphatic carbocycles. The monoisotopic (exact) mass is 296 g/mol. The summed E-state index contributed by atoms with van der Waals surface area (Å²) in [5.41, 5.74) is 0. The van der Waals surface area contributed by atoms with Crippen molar-refractivity contribution in [2.24, 2.45) is 0 Å². The van der Waals surface area contributed by atoms with Crippen molar-refractivity contribution < 1.29 is 4.39 Å². The second kappa shape index (κ2) is 2.78. The first-order chi connectivity index (χ1) is 2.94. The van der Waals surface area contributed by atoms with Crippen LogP contribution in [-0.2, 0) is 0 Å². The summed E-state index contributed by atoms with van der Waals surface area (Å²) < 4.78 is 10.7. The van der Waals surface area contributed by atoms with Crippen LogP contribution < -0.4 is 0 Å². The van der Waals surface area contributed by atoms with Crippen LogP contribution in [-0.4, -0.2) is 8.31 Å². The molecule has 0 N–H and O–H groups in total. The fourth-order valence-electron chi connectivity index (χ4n) is 0. The summed E-state index contributed by atoms with van der Waals surface area (Å²) >= 11 is 8.76. The summed E-state index contributed by atoms with van der Waals surface area (Å²) in [4.78, 5) is 0. The van der Waals surface area contributed by atoms with Crippen LogP contribution in [0.25, 0.3) is 0 Å². The van der Waals surface area contributed by atoms with Crippen molar-refractivity contribution in [3.8, 4) is 0 Å². The van der Waals surface area contributed by atoms with Gasteiger partial charge in [0, 0.05) is 0 Å². The molecular weight excluding hydrogens is 295 g/mol. The van der Waals surface area contributed by atoms with Gasteiger partial charge >= 0.3 is 0 Å². The Labute approximate surface area is 67.2 Å². The zero-order valence-corrected chi connectivity index (χ0v) is 8.35. The van der Waals surface area contributed by atoms with Crippen molar-refractivity contribution >= 4 is 47.8 Å². The molecule has 4 heteroatoms. The van der Waals surface area contributed by atoms with Crippen molar-refractivity contribution in [2.45, 2.75) is 15.2 Å². The maximum Gasteiger partial charge on any atom is 0.184 e. The van der Waals surface area contributed by atoms with Gasteiger partial charge in [0.15, 0.2) is 4.58 Å². The molecule has 0 rings (SSSR count). The Morgan fingerprint density at radius 1 is 1.57 bits per heavy atom. The second-order valence-electron chi connectivity index (χ2n) is 1.26. The van der Waals surface area contributed by atoms with E-state index in [-0.39, 0.29) is 3.74 Å². The molecule has 0 aromatic heterocycles. The van der Waals surface area contributed by atoms with Crippen LogP contribution in [0.3, 0.4) is 0 Å². The summed E-state index contributed by atoms with van der Waals surface area (Å²) in [6.45, 7) is 1.42. The Hall–Kier alpha value is 1.37. The lowest BCUT2D eigenvalue weighted by Crippen LogP contribution is -2.15. The molecule has 1 atom stereocenters. The number of hydrogen-bond donors (Lipinski definition) is 0. The van der Waals surface area contributed by atoms with Crippen molar-refractivity contribution in [1.29, 1.82) is 0 Å². The van der Waals surface area contributed by atoms with Crippen molar-refractivity contribution in [3.63, 3.8) is 0 Å². The predicted octanol–water partition coefficient (Wildman–Crippen LogP) is 3.18. The maximum absolute atomic E-state index is 12.3. The molecule has 0 radical (unpaired) electrons. The van der Waals surface area contributed by atoms with E-state index in [0.717, 1.165) is 0 Å². The van der Waals surface area contributed by atoms with Gasteiger partial charge < -0.3 is 0 Å². The molecular formula is C3H4Br3F. The number of rotatable bonds is 1.